The minimum Gasteiger partial charge on any atom is -0.319 e. The van der Waals surface area contributed by atoms with Crippen LogP contribution in [0, 0.1) is 6.92 Å². The molecule has 108 valence electrons. The average Bonchev–Trinajstić information content (AvgIpc) is 2.28. The molecule has 1 aromatic carbocycles. The van der Waals surface area contributed by atoms with Crippen LogP contribution in [0.3, 0.4) is 0 Å². The van der Waals surface area contributed by atoms with Crippen LogP contribution in [0.4, 0.5) is 18.9 Å². The van der Waals surface area contributed by atoms with Gasteiger partial charge in [0.2, 0.25) is 10.0 Å². The second-order valence-electron chi connectivity index (χ2n) is 4.05. The molecule has 0 aliphatic rings. The fraction of sp³-hybridized carbons (Fsp3) is 0.455. The molecule has 0 amide bonds. The lowest BCUT2D eigenvalue weighted by atomic mass is 10.1. The maximum absolute atomic E-state index is 12.5. The van der Waals surface area contributed by atoms with Crippen molar-refractivity contribution in [3.63, 3.8) is 0 Å². The summed E-state index contributed by atoms with van der Waals surface area (Å²) >= 11 is 0. The zero-order chi connectivity index (χ0) is 14.7. The highest BCUT2D eigenvalue weighted by atomic mass is 32.2. The van der Waals surface area contributed by atoms with E-state index in [1.165, 1.54) is 13.0 Å². The van der Waals surface area contributed by atoms with Gasteiger partial charge in [0.15, 0.2) is 0 Å². The summed E-state index contributed by atoms with van der Waals surface area (Å²) in [6, 6.07) is 2.95. The lowest BCUT2D eigenvalue weighted by molar-refractivity contribution is -0.137. The third kappa shape index (κ3) is 4.71. The van der Waals surface area contributed by atoms with E-state index in [0.29, 0.717) is 5.56 Å². The smallest absolute Gasteiger partial charge is 0.319 e. The molecule has 1 rings (SSSR count). The van der Waals surface area contributed by atoms with Gasteiger partial charge in [0.05, 0.1) is 17.0 Å². The van der Waals surface area contributed by atoms with Gasteiger partial charge < -0.3 is 5.32 Å². The number of rotatable bonds is 5. The number of benzene rings is 1. The first-order chi connectivity index (χ1) is 8.65. The van der Waals surface area contributed by atoms with Crippen molar-refractivity contribution in [2.75, 3.05) is 24.1 Å². The van der Waals surface area contributed by atoms with E-state index in [-0.39, 0.29) is 18.0 Å². The second kappa shape index (κ2) is 5.79. The highest BCUT2D eigenvalue weighted by molar-refractivity contribution is 7.92. The Kier molecular flexibility index (Phi) is 4.81. The van der Waals surface area contributed by atoms with Gasteiger partial charge in [-0.25, -0.2) is 8.42 Å². The minimum atomic E-state index is -4.50. The number of anilines is 1. The molecular weight excluding hydrogens is 281 g/mol. The molecule has 0 spiro atoms. The number of sulfonamides is 1. The van der Waals surface area contributed by atoms with E-state index < -0.39 is 21.8 Å². The molecule has 19 heavy (non-hydrogen) atoms. The van der Waals surface area contributed by atoms with Crippen molar-refractivity contribution in [3.8, 4) is 0 Å². The molecule has 8 heteroatoms. The highest BCUT2D eigenvalue weighted by Crippen LogP contribution is 2.32. The zero-order valence-corrected chi connectivity index (χ0v) is 11.3. The molecule has 0 radical (unpaired) electrons. The monoisotopic (exact) mass is 296 g/mol. The summed E-state index contributed by atoms with van der Waals surface area (Å²) in [6.07, 6.45) is -4.50. The first-order valence-electron chi connectivity index (χ1n) is 5.48. The van der Waals surface area contributed by atoms with Gasteiger partial charge in [0.1, 0.15) is 0 Å². The summed E-state index contributed by atoms with van der Waals surface area (Å²) in [4.78, 5) is 0. The van der Waals surface area contributed by atoms with Crippen LogP contribution in [0.2, 0.25) is 0 Å². The van der Waals surface area contributed by atoms with E-state index in [4.69, 9.17) is 0 Å². The quantitative estimate of drug-likeness (QED) is 0.873. The van der Waals surface area contributed by atoms with Crippen molar-refractivity contribution in [1.82, 2.24) is 5.32 Å². The molecule has 2 N–H and O–H groups in total. The molecule has 4 nitrogen and oxygen atoms in total. The number of alkyl halides is 3. The van der Waals surface area contributed by atoms with Crippen LogP contribution in [0.1, 0.15) is 11.1 Å². The van der Waals surface area contributed by atoms with Crippen LogP contribution in [-0.4, -0.2) is 27.8 Å². The van der Waals surface area contributed by atoms with Crippen molar-refractivity contribution in [2.45, 2.75) is 13.1 Å². The maximum atomic E-state index is 12.5. The Morgan fingerprint density at radius 2 is 1.89 bits per heavy atom. The number of nitrogens with one attached hydrogen (secondary N) is 2. The Hall–Kier alpha value is -1.28. The van der Waals surface area contributed by atoms with Crippen molar-refractivity contribution in [2.24, 2.45) is 0 Å². The molecule has 0 atom stereocenters. The van der Waals surface area contributed by atoms with Crippen LogP contribution in [0.5, 0.6) is 0 Å². The Balaban J connectivity index is 3.01. The molecule has 0 bridgehead atoms. The minimum absolute atomic E-state index is 0.0501. The Morgan fingerprint density at radius 3 is 2.42 bits per heavy atom. The van der Waals surface area contributed by atoms with E-state index in [2.05, 4.69) is 10.0 Å². The zero-order valence-electron chi connectivity index (χ0n) is 10.5. The van der Waals surface area contributed by atoms with Crippen molar-refractivity contribution >= 4 is 15.7 Å². The van der Waals surface area contributed by atoms with Crippen LogP contribution >= 0.6 is 0 Å². The first-order valence-corrected chi connectivity index (χ1v) is 7.14. The Bertz CT molecular complexity index is 541. The van der Waals surface area contributed by atoms with Gasteiger partial charge in [-0.05, 0) is 31.7 Å². The topological polar surface area (TPSA) is 58.2 Å². The fourth-order valence-corrected chi connectivity index (χ4v) is 2.49. The largest absolute Gasteiger partial charge is 0.416 e. The van der Waals surface area contributed by atoms with Gasteiger partial charge in [-0.15, -0.1) is 0 Å². The lowest BCUT2D eigenvalue weighted by Gasteiger charge is -2.13. The van der Waals surface area contributed by atoms with Gasteiger partial charge in [-0.2, -0.15) is 13.2 Å². The molecule has 0 fully saturated rings. The van der Waals surface area contributed by atoms with Gasteiger partial charge in [-0.1, -0.05) is 6.07 Å². The highest BCUT2D eigenvalue weighted by Gasteiger charge is 2.31. The van der Waals surface area contributed by atoms with Crippen molar-refractivity contribution in [3.05, 3.63) is 29.3 Å². The predicted octanol–water partition coefficient (Wildman–Crippen LogP) is 1.97. The first kappa shape index (κ1) is 15.8. The van der Waals surface area contributed by atoms with Gasteiger partial charge in [-0.3, -0.25) is 4.72 Å². The van der Waals surface area contributed by atoms with Crippen LogP contribution < -0.4 is 10.0 Å². The number of hydrogen-bond acceptors (Lipinski definition) is 3. The summed E-state index contributed by atoms with van der Waals surface area (Å²) in [5.74, 6) is -0.209. The molecule has 0 aliphatic carbocycles. The molecule has 0 saturated carbocycles. The Morgan fingerprint density at radius 1 is 1.26 bits per heavy atom. The summed E-state index contributed by atoms with van der Waals surface area (Å²) in [5.41, 5.74) is -0.503. The third-order valence-corrected chi connectivity index (χ3v) is 3.72. The average molecular weight is 296 g/mol. The van der Waals surface area contributed by atoms with E-state index >= 15 is 0 Å². The van der Waals surface area contributed by atoms with Crippen molar-refractivity contribution < 1.29 is 21.6 Å². The lowest BCUT2D eigenvalue weighted by Crippen LogP contribution is -2.25. The molecular formula is C11H15F3N2O2S. The van der Waals surface area contributed by atoms with Crippen molar-refractivity contribution in [1.29, 1.82) is 0 Å². The van der Waals surface area contributed by atoms with Crippen LogP contribution in [0.15, 0.2) is 18.2 Å². The predicted molar refractivity (Wildman–Crippen MR) is 67.5 cm³/mol. The SMILES string of the molecule is CNCCS(=O)(=O)Nc1cc(C(F)(F)F)ccc1C. The molecule has 0 heterocycles. The summed E-state index contributed by atoms with van der Waals surface area (Å²) in [7, 11) is -2.07. The molecule has 1 aromatic rings. The summed E-state index contributed by atoms with van der Waals surface area (Å²) < 4.78 is 63.1. The fourth-order valence-electron chi connectivity index (χ4n) is 1.36. The summed E-state index contributed by atoms with van der Waals surface area (Å²) in [5, 5.41) is 2.66. The summed E-state index contributed by atoms with van der Waals surface area (Å²) in [6.45, 7) is 1.75. The molecule has 0 unspecified atom stereocenters. The number of halogens is 3. The molecule has 0 saturated heterocycles. The van der Waals surface area contributed by atoms with E-state index in [9.17, 15) is 21.6 Å². The standard InChI is InChI=1S/C11H15F3N2O2S/c1-8-3-4-9(11(12,13)14)7-10(8)16-19(17,18)6-5-15-2/h3-4,7,15-16H,5-6H2,1-2H3. The third-order valence-electron chi connectivity index (χ3n) is 2.45. The molecule has 0 aromatic heterocycles. The van der Waals surface area contributed by atoms with Gasteiger partial charge in [0, 0.05) is 6.54 Å². The normalized spacial score (nSPS) is 12.5. The van der Waals surface area contributed by atoms with Gasteiger partial charge >= 0.3 is 6.18 Å². The Labute approximate surface area is 110 Å². The number of hydrogen-bond donors (Lipinski definition) is 2. The second-order valence-corrected chi connectivity index (χ2v) is 5.89. The number of aryl methyl sites for hydroxylation is 1. The maximum Gasteiger partial charge on any atom is 0.416 e. The van der Waals surface area contributed by atoms with E-state index in [1.54, 1.807) is 7.05 Å². The molecule has 0 aliphatic heterocycles. The van der Waals surface area contributed by atoms with E-state index in [1.807, 2.05) is 0 Å². The van der Waals surface area contributed by atoms with Crippen LogP contribution in [-0.2, 0) is 16.2 Å². The van der Waals surface area contributed by atoms with Crippen LogP contribution in [0.25, 0.3) is 0 Å². The van der Waals surface area contributed by atoms with E-state index in [0.717, 1.165) is 12.1 Å². The van der Waals surface area contributed by atoms with Gasteiger partial charge in [0.25, 0.3) is 0 Å².